The largest absolute Gasteiger partial charge is 0.364 e. The average molecular weight is 256 g/mol. The number of hydrogen-bond acceptors (Lipinski definition) is 2. The highest BCUT2D eigenvalue weighted by Gasteiger charge is 2.43. The van der Waals surface area contributed by atoms with Gasteiger partial charge in [0.15, 0.2) is 0 Å². The number of H-pyrrole nitrogens is 1. The van der Waals surface area contributed by atoms with Crippen LogP contribution >= 0.6 is 0 Å². The molecule has 2 aromatic rings. The van der Waals surface area contributed by atoms with Gasteiger partial charge in [0, 0.05) is 23.4 Å². The van der Waals surface area contributed by atoms with Crippen molar-refractivity contribution in [2.75, 3.05) is 13.1 Å². The Kier molecular flexibility index (Phi) is 2.32. The summed E-state index contributed by atoms with van der Waals surface area (Å²) >= 11 is 0. The van der Waals surface area contributed by atoms with Crippen LogP contribution in [0.2, 0.25) is 0 Å². The van der Waals surface area contributed by atoms with Crippen LogP contribution in [-0.2, 0) is 10.3 Å². The first-order valence-corrected chi connectivity index (χ1v) is 7.16. The second-order valence-corrected chi connectivity index (χ2v) is 6.23. The zero-order chi connectivity index (χ0) is 13.0. The highest BCUT2D eigenvalue weighted by atomic mass is 16.5. The van der Waals surface area contributed by atoms with Gasteiger partial charge in [-0.1, -0.05) is 18.2 Å². The van der Waals surface area contributed by atoms with Crippen molar-refractivity contribution < 1.29 is 4.74 Å². The molecule has 2 N–H and O–H groups in total. The van der Waals surface area contributed by atoms with Gasteiger partial charge in [-0.25, -0.2) is 0 Å². The molecule has 0 saturated carbocycles. The van der Waals surface area contributed by atoms with Gasteiger partial charge in [0.25, 0.3) is 0 Å². The quantitative estimate of drug-likeness (QED) is 0.760. The van der Waals surface area contributed by atoms with Crippen molar-refractivity contribution in [1.29, 1.82) is 0 Å². The molecule has 0 spiro atoms. The highest BCUT2D eigenvalue weighted by Crippen LogP contribution is 2.46. The fraction of sp³-hybridized carbons (Fsp3) is 0.500. The van der Waals surface area contributed by atoms with E-state index in [0.29, 0.717) is 12.0 Å². The van der Waals surface area contributed by atoms with E-state index in [1.165, 1.54) is 22.2 Å². The third-order valence-electron chi connectivity index (χ3n) is 4.59. The van der Waals surface area contributed by atoms with Crippen LogP contribution in [0, 0.1) is 0 Å². The summed E-state index contributed by atoms with van der Waals surface area (Å²) in [5.41, 5.74) is 3.78. The van der Waals surface area contributed by atoms with Crippen molar-refractivity contribution in [1.82, 2.24) is 10.3 Å². The first-order valence-electron chi connectivity index (χ1n) is 7.16. The molecule has 19 heavy (non-hydrogen) atoms. The molecule has 0 bridgehead atoms. The van der Waals surface area contributed by atoms with E-state index in [1.54, 1.807) is 0 Å². The second kappa shape index (κ2) is 3.84. The monoisotopic (exact) mass is 256 g/mol. The zero-order valence-corrected chi connectivity index (χ0v) is 11.5. The van der Waals surface area contributed by atoms with Crippen LogP contribution in [0.5, 0.6) is 0 Å². The lowest BCUT2D eigenvalue weighted by atomic mass is 9.80. The smallest absolute Gasteiger partial charge is 0.103 e. The summed E-state index contributed by atoms with van der Waals surface area (Å²) in [4.78, 5) is 3.59. The molecule has 2 atom stereocenters. The van der Waals surface area contributed by atoms with Gasteiger partial charge >= 0.3 is 0 Å². The highest BCUT2D eigenvalue weighted by molar-refractivity contribution is 5.86. The van der Waals surface area contributed by atoms with Gasteiger partial charge in [-0.15, -0.1) is 0 Å². The van der Waals surface area contributed by atoms with Crippen molar-refractivity contribution >= 4 is 10.9 Å². The van der Waals surface area contributed by atoms with Crippen molar-refractivity contribution in [3.63, 3.8) is 0 Å². The van der Waals surface area contributed by atoms with Crippen LogP contribution in [-0.4, -0.2) is 24.2 Å². The van der Waals surface area contributed by atoms with Gasteiger partial charge in [0.1, 0.15) is 5.60 Å². The summed E-state index contributed by atoms with van der Waals surface area (Å²) in [5, 5.41) is 4.84. The minimum atomic E-state index is -0.228. The number of para-hydroxylation sites is 1. The molecule has 4 rings (SSSR count). The number of benzene rings is 1. The summed E-state index contributed by atoms with van der Waals surface area (Å²) in [7, 11) is 0. The third-order valence-corrected chi connectivity index (χ3v) is 4.59. The maximum Gasteiger partial charge on any atom is 0.103 e. The van der Waals surface area contributed by atoms with E-state index in [4.69, 9.17) is 4.74 Å². The molecular weight excluding hydrogens is 236 g/mol. The number of aromatic amines is 1. The standard InChI is InChI=1S/C16H20N2O/c1-16(2)15-14(10-5-3-4-6-12(10)18-15)11-7-8-17-9-13(11)19-16/h3-6,11,13,17-18H,7-9H2,1-2H3/t11-,13-/m0/s1. The van der Waals surface area contributed by atoms with Crippen molar-refractivity contribution in [2.24, 2.45) is 0 Å². The maximum absolute atomic E-state index is 6.34. The number of fused-ring (bicyclic) bond motifs is 5. The predicted molar refractivity (Wildman–Crippen MR) is 76.4 cm³/mol. The molecule has 0 amide bonds. The number of aromatic nitrogens is 1. The lowest BCUT2D eigenvalue weighted by Crippen LogP contribution is -2.48. The topological polar surface area (TPSA) is 37.0 Å². The summed E-state index contributed by atoms with van der Waals surface area (Å²) in [5.74, 6) is 0.528. The minimum absolute atomic E-state index is 0.228. The van der Waals surface area contributed by atoms with E-state index < -0.39 is 0 Å². The third kappa shape index (κ3) is 1.58. The van der Waals surface area contributed by atoms with Crippen LogP contribution in [0.25, 0.3) is 10.9 Å². The number of nitrogens with one attached hydrogen (secondary N) is 2. The molecule has 1 aromatic carbocycles. The van der Waals surface area contributed by atoms with Crippen LogP contribution in [0.1, 0.15) is 37.4 Å². The van der Waals surface area contributed by atoms with E-state index >= 15 is 0 Å². The Labute approximate surface area is 113 Å². The van der Waals surface area contributed by atoms with E-state index in [1.807, 2.05) is 0 Å². The van der Waals surface area contributed by atoms with Crippen molar-refractivity contribution in [3.8, 4) is 0 Å². The number of piperidine rings is 1. The van der Waals surface area contributed by atoms with Crippen LogP contribution in [0.15, 0.2) is 24.3 Å². The molecule has 0 unspecified atom stereocenters. The van der Waals surface area contributed by atoms with Crippen molar-refractivity contribution in [3.05, 3.63) is 35.5 Å². The molecule has 3 nitrogen and oxygen atoms in total. The Hall–Kier alpha value is -1.32. The van der Waals surface area contributed by atoms with Crippen LogP contribution in [0.4, 0.5) is 0 Å². The summed E-state index contributed by atoms with van der Waals surface area (Å²) in [6.45, 7) is 6.40. The van der Waals surface area contributed by atoms with Gasteiger partial charge in [-0.3, -0.25) is 0 Å². The van der Waals surface area contributed by atoms with Gasteiger partial charge in [0.2, 0.25) is 0 Å². The first-order chi connectivity index (χ1) is 9.17. The molecule has 0 radical (unpaired) electrons. The molecule has 1 fully saturated rings. The predicted octanol–water partition coefficient (Wildman–Crippen LogP) is 2.88. The minimum Gasteiger partial charge on any atom is -0.364 e. The van der Waals surface area contributed by atoms with Crippen molar-refractivity contribution in [2.45, 2.75) is 37.9 Å². The molecule has 1 aromatic heterocycles. The molecule has 3 heterocycles. The van der Waals surface area contributed by atoms with Gasteiger partial charge in [-0.2, -0.15) is 0 Å². The van der Waals surface area contributed by atoms with E-state index in [-0.39, 0.29) is 5.60 Å². The van der Waals surface area contributed by atoms with Crippen LogP contribution < -0.4 is 5.32 Å². The molecule has 0 aliphatic carbocycles. The van der Waals surface area contributed by atoms with Gasteiger partial charge in [0.05, 0.1) is 11.8 Å². The number of ether oxygens (including phenoxy) is 1. The molecule has 1 saturated heterocycles. The summed E-state index contributed by atoms with van der Waals surface area (Å²) < 4.78 is 6.34. The fourth-order valence-corrected chi connectivity index (χ4v) is 3.75. The molecular formula is C16H20N2O. The Morgan fingerprint density at radius 3 is 3.00 bits per heavy atom. The average Bonchev–Trinajstić information content (AvgIpc) is 2.79. The van der Waals surface area contributed by atoms with Gasteiger partial charge in [-0.05, 0) is 38.4 Å². The number of hydrogen-bond donors (Lipinski definition) is 2. The Balaban J connectivity index is 1.99. The normalized spacial score (nSPS) is 28.9. The van der Waals surface area contributed by atoms with E-state index in [9.17, 15) is 0 Å². The van der Waals surface area contributed by atoms with E-state index in [2.05, 4.69) is 48.4 Å². The molecule has 2 aliphatic heterocycles. The molecule has 3 heteroatoms. The fourth-order valence-electron chi connectivity index (χ4n) is 3.75. The Morgan fingerprint density at radius 2 is 2.11 bits per heavy atom. The Bertz CT molecular complexity index is 629. The maximum atomic E-state index is 6.34. The van der Waals surface area contributed by atoms with Gasteiger partial charge < -0.3 is 15.0 Å². The Morgan fingerprint density at radius 1 is 1.26 bits per heavy atom. The lowest BCUT2D eigenvalue weighted by molar-refractivity contribution is -0.108. The van der Waals surface area contributed by atoms with Crippen LogP contribution in [0.3, 0.4) is 0 Å². The zero-order valence-electron chi connectivity index (χ0n) is 11.5. The SMILES string of the molecule is CC1(C)O[C@H]2CNCC[C@@H]2c2c1[nH]c1ccccc21. The summed E-state index contributed by atoms with van der Waals surface area (Å²) in [6.07, 6.45) is 1.46. The number of rotatable bonds is 0. The second-order valence-electron chi connectivity index (χ2n) is 6.23. The molecule has 2 aliphatic rings. The first kappa shape index (κ1) is 11.5. The lowest BCUT2D eigenvalue weighted by Gasteiger charge is -2.43. The summed E-state index contributed by atoms with van der Waals surface area (Å²) in [6, 6.07) is 8.64. The van der Waals surface area contributed by atoms with E-state index in [0.717, 1.165) is 19.5 Å². The molecule has 100 valence electrons.